The predicted octanol–water partition coefficient (Wildman–Crippen LogP) is 2.76. The summed E-state index contributed by atoms with van der Waals surface area (Å²) in [4.78, 5) is 0. The van der Waals surface area contributed by atoms with Crippen LogP contribution in [0.3, 0.4) is 0 Å². The molecule has 0 saturated carbocycles. The minimum absolute atomic E-state index is 0. The summed E-state index contributed by atoms with van der Waals surface area (Å²) < 4.78 is 0. The fourth-order valence-electron chi connectivity index (χ4n) is 0.715. The molecule has 0 atom stereocenters. The fourth-order valence-corrected chi connectivity index (χ4v) is 0.715. The van der Waals surface area contributed by atoms with Crippen LogP contribution in [0, 0.1) is 0 Å². The Hall–Kier alpha value is 0.610. The molecule has 0 aliphatic rings. The SMILES string of the molecule is C=CCCCCCC.[In]. The summed E-state index contributed by atoms with van der Waals surface area (Å²) in [5.74, 6) is 0. The van der Waals surface area contributed by atoms with E-state index >= 15 is 0 Å². The van der Waals surface area contributed by atoms with Gasteiger partial charge in [0.1, 0.15) is 0 Å². The molecule has 0 aromatic heterocycles. The van der Waals surface area contributed by atoms with E-state index in [0.717, 1.165) is 0 Å². The smallest absolute Gasteiger partial charge is 0 e. The van der Waals surface area contributed by atoms with E-state index in [2.05, 4.69) is 13.5 Å². The summed E-state index contributed by atoms with van der Waals surface area (Å²) in [6.07, 6.45) is 8.61. The van der Waals surface area contributed by atoms with Crippen LogP contribution >= 0.6 is 0 Å². The van der Waals surface area contributed by atoms with Crippen molar-refractivity contribution >= 4 is 25.8 Å². The van der Waals surface area contributed by atoms with Crippen LogP contribution in [0.2, 0.25) is 0 Å². The minimum atomic E-state index is 0. The van der Waals surface area contributed by atoms with Crippen molar-refractivity contribution in [3.8, 4) is 0 Å². The Morgan fingerprint density at radius 1 is 1.22 bits per heavy atom. The minimum Gasteiger partial charge on any atom is -0.103 e. The zero-order valence-electron chi connectivity index (χ0n) is 6.40. The summed E-state index contributed by atoms with van der Waals surface area (Å²) in [6.45, 7) is 5.89. The average Bonchev–Trinajstić information content (AvgIpc) is 1.81. The molecular formula is C8H16In. The second kappa shape index (κ2) is 11.4. The van der Waals surface area contributed by atoms with Crippen LogP contribution in [-0.4, -0.2) is 25.8 Å². The zero-order chi connectivity index (χ0) is 6.24. The van der Waals surface area contributed by atoms with Gasteiger partial charge in [-0.3, -0.25) is 0 Å². The third-order valence-corrected chi connectivity index (χ3v) is 1.26. The third kappa shape index (κ3) is 12.0. The van der Waals surface area contributed by atoms with E-state index in [1.165, 1.54) is 32.1 Å². The first-order chi connectivity index (χ1) is 3.91. The van der Waals surface area contributed by atoms with Crippen LogP contribution in [-0.2, 0) is 0 Å². The molecule has 0 aromatic rings. The van der Waals surface area contributed by atoms with Gasteiger partial charge in [0.25, 0.3) is 0 Å². The van der Waals surface area contributed by atoms with Crippen LogP contribution in [0.4, 0.5) is 0 Å². The van der Waals surface area contributed by atoms with E-state index in [-0.39, 0.29) is 25.8 Å². The van der Waals surface area contributed by atoms with Crippen molar-refractivity contribution in [3.63, 3.8) is 0 Å². The molecule has 51 valence electrons. The Labute approximate surface area is 77.5 Å². The molecule has 0 N–H and O–H groups in total. The molecule has 0 aliphatic heterocycles. The molecule has 1 heteroatoms. The van der Waals surface area contributed by atoms with Gasteiger partial charge in [-0.25, -0.2) is 0 Å². The van der Waals surface area contributed by atoms with E-state index in [0.29, 0.717) is 0 Å². The van der Waals surface area contributed by atoms with Gasteiger partial charge in [0.2, 0.25) is 0 Å². The Balaban J connectivity index is 0. The molecule has 0 unspecified atom stereocenters. The molecular weight excluding hydrogens is 211 g/mol. The standard InChI is InChI=1S/C8H16.In/c1-3-5-7-8-6-4-2;/h3H,1,4-8H2,2H3;. The quantitative estimate of drug-likeness (QED) is 0.500. The summed E-state index contributed by atoms with van der Waals surface area (Å²) in [5, 5.41) is 0. The first-order valence-electron chi connectivity index (χ1n) is 3.52. The van der Waals surface area contributed by atoms with Crippen LogP contribution in [0.1, 0.15) is 39.0 Å². The molecule has 0 saturated heterocycles. The van der Waals surface area contributed by atoms with Crippen molar-refractivity contribution in [3.05, 3.63) is 12.7 Å². The monoisotopic (exact) mass is 227 g/mol. The number of hydrogen-bond acceptors (Lipinski definition) is 0. The molecule has 0 rings (SSSR count). The van der Waals surface area contributed by atoms with Gasteiger partial charge < -0.3 is 0 Å². The molecule has 0 heterocycles. The number of hydrogen-bond donors (Lipinski definition) is 0. The first-order valence-corrected chi connectivity index (χ1v) is 3.52. The number of unbranched alkanes of at least 4 members (excludes halogenated alkanes) is 4. The Bertz CT molecular complexity index is 50.5. The Morgan fingerprint density at radius 3 is 2.33 bits per heavy atom. The zero-order valence-corrected chi connectivity index (χ0v) is 9.69. The van der Waals surface area contributed by atoms with Crippen LogP contribution in [0.15, 0.2) is 12.7 Å². The molecule has 0 aromatic carbocycles. The summed E-state index contributed by atoms with van der Waals surface area (Å²) in [7, 11) is 0. The normalized spacial score (nSPS) is 8.11. The molecule has 0 aliphatic carbocycles. The van der Waals surface area contributed by atoms with Crippen molar-refractivity contribution in [2.75, 3.05) is 0 Å². The summed E-state index contributed by atoms with van der Waals surface area (Å²) >= 11 is 0. The third-order valence-electron chi connectivity index (χ3n) is 1.26. The van der Waals surface area contributed by atoms with Gasteiger partial charge in [-0.15, -0.1) is 6.58 Å². The van der Waals surface area contributed by atoms with Crippen LogP contribution < -0.4 is 0 Å². The van der Waals surface area contributed by atoms with E-state index < -0.39 is 0 Å². The van der Waals surface area contributed by atoms with Gasteiger partial charge in [0, 0.05) is 25.8 Å². The van der Waals surface area contributed by atoms with E-state index in [1.54, 1.807) is 0 Å². The molecule has 0 bridgehead atoms. The molecule has 0 nitrogen and oxygen atoms in total. The first kappa shape index (κ1) is 12.3. The molecule has 3 radical (unpaired) electrons. The fraction of sp³-hybridized carbons (Fsp3) is 0.750. The number of rotatable bonds is 5. The van der Waals surface area contributed by atoms with Gasteiger partial charge >= 0.3 is 0 Å². The molecule has 0 spiro atoms. The van der Waals surface area contributed by atoms with Crippen molar-refractivity contribution in [1.29, 1.82) is 0 Å². The maximum atomic E-state index is 3.66. The van der Waals surface area contributed by atoms with Crippen LogP contribution in [0.25, 0.3) is 0 Å². The summed E-state index contributed by atoms with van der Waals surface area (Å²) in [5.41, 5.74) is 0. The van der Waals surface area contributed by atoms with E-state index in [4.69, 9.17) is 0 Å². The van der Waals surface area contributed by atoms with Gasteiger partial charge in [-0.05, 0) is 12.8 Å². The topological polar surface area (TPSA) is 0 Å². The Kier molecular flexibility index (Phi) is 15.6. The number of allylic oxidation sites excluding steroid dienone is 1. The second-order valence-corrected chi connectivity index (χ2v) is 2.14. The maximum absolute atomic E-state index is 3.66. The van der Waals surface area contributed by atoms with Gasteiger partial charge in [0.05, 0.1) is 0 Å². The van der Waals surface area contributed by atoms with Crippen molar-refractivity contribution in [2.24, 2.45) is 0 Å². The summed E-state index contributed by atoms with van der Waals surface area (Å²) in [6, 6.07) is 0. The average molecular weight is 227 g/mol. The molecule has 0 fully saturated rings. The predicted molar refractivity (Wildman–Crippen MR) is 44.7 cm³/mol. The van der Waals surface area contributed by atoms with Crippen LogP contribution in [0.5, 0.6) is 0 Å². The van der Waals surface area contributed by atoms with Crippen molar-refractivity contribution < 1.29 is 0 Å². The van der Waals surface area contributed by atoms with Crippen molar-refractivity contribution in [1.82, 2.24) is 0 Å². The molecule has 0 amide bonds. The second-order valence-electron chi connectivity index (χ2n) is 2.14. The van der Waals surface area contributed by atoms with Gasteiger partial charge in [-0.2, -0.15) is 0 Å². The van der Waals surface area contributed by atoms with E-state index in [9.17, 15) is 0 Å². The van der Waals surface area contributed by atoms with Crippen molar-refractivity contribution in [2.45, 2.75) is 39.0 Å². The Morgan fingerprint density at radius 2 is 1.89 bits per heavy atom. The maximum Gasteiger partial charge on any atom is 0 e. The van der Waals surface area contributed by atoms with Gasteiger partial charge in [0.15, 0.2) is 0 Å². The van der Waals surface area contributed by atoms with Gasteiger partial charge in [-0.1, -0.05) is 32.3 Å². The largest absolute Gasteiger partial charge is 0.103 e. The van der Waals surface area contributed by atoms with E-state index in [1.807, 2.05) is 6.08 Å². The molecule has 9 heavy (non-hydrogen) atoms.